The summed E-state index contributed by atoms with van der Waals surface area (Å²) in [5.74, 6) is 2.90. The Balaban J connectivity index is 1.98. The predicted octanol–water partition coefficient (Wildman–Crippen LogP) is 2.97. The lowest BCUT2D eigenvalue weighted by molar-refractivity contribution is -0.0964. The molecule has 0 spiro atoms. The van der Waals surface area contributed by atoms with Crippen molar-refractivity contribution in [2.24, 2.45) is 5.41 Å². The van der Waals surface area contributed by atoms with Gasteiger partial charge in [-0.1, -0.05) is 24.4 Å². The number of aromatic nitrogens is 4. The highest BCUT2D eigenvalue weighted by Crippen LogP contribution is 2.48. The second-order valence-electron chi connectivity index (χ2n) is 5.92. The van der Waals surface area contributed by atoms with Gasteiger partial charge in [0.25, 0.3) is 0 Å². The molecule has 2 aromatic rings. The molecule has 0 aliphatic heterocycles. The largest absolute Gasteiger partial charge is 0.359 e. The highest BCUT2D eigenvalue weighted by atomic mass is 35.5. The Hall–Kier alpha value is -1.75. The molecule has 0 N–H and O–H groups in total. The van der Waals surface area contributed by atoms with Crippen LogP contribution in [0.15, 0.2) is 6.33 Å². The van der Waals surface area contributed by atoms with Crippen molar-refractivity contribution in [1.82, 2.24) is 19.5 Å². The summed E-state index contributed by atoms with van der Waals surface area (Å²) in [6, 6.07) is -0.0155. The molecule has 128 valence electrons. The fourth-order valence-corrected chi connectivity index (χ4v) is 3.65. The molecule has 1 aliphatic rings. The van der Waals surface area contributed by atoms with Crippen LogP contribution in [0, 0.1) is 23.8 Å². The molecule has 1 fully saturated rings. The lowest BCUT2D eigenvalue weighted by Crippen LogP contribution is -2.30. The molecule has 2 aromatic heterocycles. The molecule has 0 radical (unpaired) electrons. The Bertz CT molecular complexity index is 790. The number of terminal acetylenes is 1. The van der Waals surface area contributed by atoms with Gasteiger partial charge in [0.1, 0.15) is 12.3 Å². The van der Waals surface area contributed by atoms with Gasteiger partial charge in [-0.15, -0.1) is 6.42 Å². The molecular formula is C16H18ClFN4O2. The van der Waals surface area contributed by atoms with Crippen LogP contribution in [0.25, 0.3) is 11.2 Å². The summed E-state index contributed by atoms with van der Waals surface area (Å²) in [4.78, 5) is 11.6. The molecule has 0 amide bonds. The van der Waals surface area contributed by atoms with Gasteiger partial charge < -0.3 is 14.0 Å². The van der Waals surface area contributed by atoms with Crippen molar-refractivity contribution in [3.05, 3.63) is 17.6 Å². The molecule has 8 heteroatoms. The molecular weight excluding hydrogens is 335 g/mol. The van der Waals surface area contributed by atoms with Gasteiger partial charge in [0.2, 0.25) is 0 Å². The van der Waals surface area contributed by atoms with Crippen LogP contribution in [0.1, 0.15) is 32.2 Å². The summed E-state index contributed by atoms with van der Waals surface area (Å²) >= 11 is 5.95. The van der Waals surface area contributed by atoms with E-state index < -0.39 is 11.5 Å². The van der Waals surface area contributed by atoms with E-state index >= 15 is 0 Å². The van der Waals surface area contributed by atoms with E-state index in [-0.39, 0.29) is 24.1 Å². The molecule has 1 aliphatic carbocycles. The number of ether oxygens (including phenoxy) is 2. The van der Waals surface area contributed by atoms with Crippen molar-refractivity contribution in [2.75, 3.05) is 13.9 Å². The van der Waals surface area contributed by atoms with Gasteiger partial charge in [-0.3, -0.25) is 0 Å². The molecule has 1 saturated carbocycles. The standard InChI is InChI=1S/C16H18ClFN4O2/c1-4-16(5-2)7-10(6-11(16)24-9-23-3)22-8-19-12-13(17)20-15(18)21-14(12)22/h1,8,10-11H,5-7,9H2,2-3H3/t10-,11-,16-/m0/s1. The first-order valence-electron chi connectivity index (χ1n) is 7.68. The summed E-state index contributed by atoms with van der Waals surface area (Å²) in [7, 11) is 1.57. The number of fused-ring (bicyclic) bond motifs is 1. The van der Waals surface area contributed by atoms with E-state index in [1.165, 1.54) is 0 Å². The van der Waals surface area contributed by atoms with Crippen LogP contribution in [-0.2, 0) is 9.47 Å². The average Bonchev–Trinajstić information content (AvgIpc) is 3.14. The molecule has 3 atom stereocenters. The summed E-state index contributed by atoms with van der Waals surface area (Å²) in [5, 5.41) is 0.000125. The zero-order valence-corrected chi connectivity index (χ0v) is 14.3. The van der Waals surface area contributed by atoms with Crippen LogP contribution < -0.4 is 0 Å². The third kappa shape index (κ3) is 2.75. The Morgan fingerprint density at radius 1 is 1.54 bits per heavy atom. The first-order valence-corrected chi connectivity index (χ1v) is 8.06. The van der Waals surface area contributed by atoms with Crippen LogP contribution in [0.4, 0.5) is 4.39 Å². The lowest BCUT2D eigenvalue weighted by Gasteiger charge is -2.28. The van der Waals surface area contributed by atoms with Gasteiger partial charge in [0, 0.05) is 13.2 Å². The number of methoxy groups -OCH3 is 1. The van der Waals surface area contributed by atoms with Gasteiger partial charge in [0.05, 0.1) is 17.8 Å². The number of halogens is 2. The minimum Gasteiger partial charge on any atom is -0.359 e. The summed E-state index contributed by atoms with van der Waals surface area (Å²) in [6.45, 7) is 2.21. The maximum atomic E-state index is 13.5. The molecule has 0 saturated heterocycles. The van der Waals surface area contributed by atoms with Gasteiger partial charge >= 0.3 is 6.08 Å². The quantitative estimate of drug-likeness (QED) is 0.358. The maximum absolute atomic E-state index is 13.5. The monoisotopic (exact) mass is 352 g/mol. The summed E-state index contributed by atoms with van der Waals surface area (Å²) < 4.78 is 26.2. The molecule has 3 rings (SSSR count). The van der Waals surface area contributed by atoms with E-state index in [2.05, 4.69) is 20.9 Å². The molecule has 0 unspecified atom stereocenters. The SMILES string of the molecule is C#C[C@]1(CC)C[C@@H](n2cnc3c(Cl)nc(F)nc32)C[C@@H]1OCOC. The van der Waals surface area contributed by atoms with Crippen LogP contribution in [0.5, 0.6) is 0 Å². The van der Waals surface area contributed by atoms with E-state index in [1.807, 2.05) is 11.5 Å². The first kappa shape index (κ1) is 17.1. The first-order chi connectivity index (χ1) is 11.5. The van der Waals surface area contributed by atoms with Gasteiger partial charge in [-0.2, -0.15) is 14.4 Å². The van der Waals surface area contributed by atoms with Gasteiger partial charge in [-0.05, 0) is 19.3 Å². The number of imidazole rings is 1. The van der Waals surface area contributed by atoms with Crippen molar-refractivity contribution >= 4 is 22.8 Å². The van der Waals surface area contributed by atoms with E-state index in [1.54, 1.807) is 13.4 Å². The zero-order valence-electron chi connectivity index (χ0n) is 13.5. The maximum Gasteiger partial charge on any atom is 0.312 e. The minimum atomic E-state index is -0.877. The number of hydrogen-bond donors (Lipinski definition) is 0. The van der Waals surface area contributed by atoms with Gasteiger partial charge in [0.15, 0.2) is 10.8 Å². The van der Waals surface area contributed by atoms with E-state index in [4.69, 9.17) is 27.5 Å². The average molecular weight is 353 g/mol. The predicted molar refractivity (Wildman–Crippen MR) is 86.9 cm³/mol. The number of nitrogens with zero attached hydrogens (tertiary/aromatic N) is 4. The van der Waals surface area contributed by atoms with Crippen molar-refractivity contribution in [3.63, 3.8) is 0 Å². The normalized spacial score (nSPS) is 26.8. The fraction of sp³-hybridized carbons (Fsp3) is 0.562. The second-order valence-corrected chi connectivity index (χ2v) is 6.28. The third-order valence-corrected chi connectivity index (χ3v) is 5.02. The van der Waals surface area contributed by atoms with Crippen molar-refractivity contribution in [1.29, 1.82) is 0 Å². The molecule has 0 aromatic carbocycles. The Morgan fingerprint density at radius 2 is 2.33 bits per heavy atom. The summed E-state index contributed by atoms with van der Waals surface area (Å²) in [5.41, 5.74) is 0.337. The minimum absolute atomic E-state index is 0.000125. The third-order valence-electron chi connectivity index (χ3n) is 4.75. The van der Waals surface area contributed by atoms with Crippen molar-refractivity contribution < 1.29 is 13.9 Å². The van der Waals surface area contributed by atoms with Crippen molar-refractivity contribution in [3.8, 4) is 12.3 Å². The highest BCUT2D eigenvalue weighted by Gasteiger charge is 2.47. The van der Waals surface area contributed by atoms with E-state index in [9.17, 15) is 4.39 Å². The molecule has 0 bridgehead atoms. The van der Waals surface area contributed by atoms with Crippen molar-refractivity contribution in [2.45, 2.75) is 38.3 Å². The zero-order chi connectivity index (χ0) is 17.3. The second kappa shape index (κ2) is 6.63. The van der Waals surface area contributed by atoms with Crippen LogP contribution in [0.2, 0.25) is 5.15 Å². The van der Waals surface area contributed by atoms with E-state index in [0.717, 1.165) is 6.42 Å². The van der Waals surface area contributed by atoms with Crippen LogP contribution in [0.3, 0.4) is 0 Å². The van der Waals surface area contributed by atoms with Crippen LogP contribution >= 0.6 is 11.6 Å². The van der Waals surface area contributed by atoms with E-state index in [0.29, 0.717) is 24.0 Å². The highest BCUT2D eigenvalue weighted by molar-refractivity contribution is 6.33. The molecule has 6 nitrogen and oxygen atoms in total. The number of hydrogen-bond acceptors (Lipinski definition) is 5. The number of rotatable bonds is 5. The summed E-state index contributed by atoms with van der Waals surface area (Å²) in [6.07, 6.45) is 8.50. The van der Waals surface area contributed by atoms with Crippen LogP contribution in [-0.4, -0.2) is 39.5 Å². The Labute approximate surface area is 144 Å². The Kier molecular flexibility index (Phi) is 4.72. The van der Waals surface area contributed by atoms with Gasteiger partial charge in [-0.25, -0.2) is 4.98 Å². The molecule has 2 heterocycles. The topological polar surface area (TPSA) is 62.1 Å². The molecule has 24 heavy (non-hydrogen) atoms. The lowest BCUT2D eigenvalue weighted by atomic mass is 9.82. The Morgan fingerprint density at radius 3 is 3.00 bits per heavy atom. The smallest absolute Gasteiger partial charge is 0.312 e. The fourth-order valence-electron chi connectivity index (χ4n) is 3.45.